The predicted molar refractivity (Wildman–Crippen MR) is 157 cm³/mol. The Kier molecular flexibility index (Phi) is 5.84. The Hall–Kier alpha value is -4.78. The number of aromatic amines is 1. The molecule has 2 aliphatic rings. The molecular weight excluding hydrogens is 546 g/mol. The Morgan fingerprint density at radius 1 is 1.14 bits per heavy atom. The summed E-state index contributed by atoms with van der Waals surface area (Å²) in [5.41, 5.74) is 4.97. The molecule has 0 radical (unpaired) electrons. The number of hydrogen-bond donors (Lipinski definition) is 4. The smallest absolute Gasteiger partial charge is 0.341 e. The van der Waals surface area contributed by atoms with Crippen LogP contribution in [-0.2, 0) is 0 Å². The topological polar surface area (TPSA) is 131 Å². The van der Waals surface area contributed by atoms with Gasteiger partial charge in [-0.1, -0.05) is 0 Å². The molecule has 0 saturated carbocycles. The number of hydrogen-bond acceptors (Lipinski definition) is 8. The lowest BCUT2D eigenvalue weighted by atomic mass is 9.99. The molecule has 0 bridgehead atoms. The lowest BCUT2D eigenvalue weighted by molar-refractivity contribution is 0.0695. The summed E-state index contributed by atoms with van der Waals surface area (Å²) in [5.74, 6) is -2.91. The SMILES string of the molecule is CNc1cc(F)c(F)c2c1[nH]c1ncc(-c3cnc4c(c3)c(=O)c(C(=O)O)cn4NC)c(N3CCC4CN(C)C[C@H]43)c12. The number of rotatable bonds is 5. The van der Waals surface area contributed by atoms with Gasteiger partial charge in [0.15, 0.2) is 17.3 Å². The molecule has 7 rings (SSSR count). The van der Waals surface area contributed by atoms with Gasteiger partial charge in [0.05, 0.1) is 33.1 Å². The van der Waals surface area contributed by atoms with Gasteiger partial charge in [-0.25, -0.2) is 28.2 Å². The number of fused-ring (bicyclic) bond motifs is 5. The highest BCUT2D eigenvalue weighted by Crippen LogP contribution is 2.46. The third-order valence-electron chi connectivity index (χ3n) is 8.68. The maximum Gasteiger partial charge on any atom is 0.341 e. The summed E-state index contributed by atoms with van der Waals surface area (Å²) in [6, 6.07) is 2.85. The average molecular weight is 575 g/mol. The number of aromatic carboxylic acids is 1. The van der Waals surface area contributed by atoms with Gasteiger partial charge >= 0.3 is 5.97 Å². The molecule has 0 amide bonds. The molecule has 2 saturated heterocycles. The van der Waals surface area contributed by atoms with Crippen molar-refractivity contribution in [3.05, 3.63) is 58.1 Å². The monoisotopic (exact) mass is 574 g/mol. The largest absolute Gasteiger partial charge is 0.477 e. The number of nitrogens with one attached hydrogen (secondary N) is 3. The highest BCUT2D eigenvalue weighted by atomic mass is 19.2. The average Bonchev–Trinajstić information content (AvgIpc) is 3.66. The van der Waals surface area contributed by atoms with Crippen LogP contribution in [0.4, 0.5) is 20.2 Å². The first-order valence-corrected chi connectivity index (χ1v) is 13.6. The van der Waals surface area contributed by atoms with Gasteiger partial charge < -0.3 is 30.6 Å². The van der Waals surface area contributed by atoms with Gasteiger partial charge in [-0.2, -0.15) is 0 Å². The number of halogens is 2. The summed E-state index contributed by atoms with van der Waals surface area (Å²) in [6.07, 6.45) is 5.36. The molecule has 42 heavy (non-hydrogen) atoms. The van der Waals surface area contributed by atoms with Crippen LogP contribution in [0.5, 0.6) is 0 Å². The van der Waals surface area contributed by atoms with Crippen molar-refractivity contribution in [2.45, 2.75) is 12.5 Å². The Morgan fingerprint density at radius 3 is 2.69 bits per heavy atom. The van der Waals surface area contributed by atoms with Crippen molar-refractivity contribution in [2.24, 2.45) is 5.92 Å². The van der Waals surface area contributed by atoms with Gasteiger partial charge in [0.2, 0.25) is 5.43 Å². The van der Waals surface area contributed by atoms with Crippen LogP contribution in [0.15, 0.2) is 35.5 Å². The minimum Gasteiger partial charge on any atom is -0.477 e. The molecule has 216 valence electrons. The Labute approximate surface area is 237 Å². The number of carboxylic acids is 1. The van der Waals surface area contributed by atoms with Crippen molar-refractivity contribution < 1.29 is 18.7 Å². The second-order valence-corrected chi connectivity index (χ2v) is 11.0. The second-order valence-electron chi connectivity index (χ2n) is 11.0. The summed E-state index contributed by atoms with van der Waals surface area (Å²) in [6.45, 7) is 2.44. The van der Waals surface area contributed by atoms with E-state index in [1.165, 1.54) is 10.9 Å². The number of nitrogens with zero attached hydrogens (tertiary/aromatic N) is 5. The van der Waals surface area contributed by atoms with E-state index in [1.807, 2.05) is 0 Å². The van der Waals surface area contributed by atoms with E-state index in [9.17, 15) is 19.1 Å². The predicted octanol–water partition coefficient (Wildman–Crippen LogP) is 3.42. The zero-order chi connectivity index (χ0) is 29.4. The molecule has 1 unspecified atom stereocenters. The molecule has 4 N–H and O–H groups in total. The molecule has 2 atom stereocenters. The molecule has 1 aromatic carbocycles. The molecule has 2 fully saturated rings. The van der Waals surface area contributed by atoms with Crippen LogP contribution < -0.4 is 21.1 Å². The summed E-state index contributed by atoms with van der Waals surface area (Å²) in [5, 5.41) is 13.2. The summed E-state index contributed by atoms with van der Waals surface area (Å²) >= 11 is 0. The van der Waals surface area contributed by atoms with Crippen molar-refractivity contribution in [3.8, 4) is 11.1 Å². The fourth-order valence-electron chi connectivity index (χ4n) is 6.78. The standard InChI is InChI=1S/C29H28F2N8O3/c1-32-19-7-18(30)23(31)21-22-25(38-5-4-13-10-37(3)12-20(13)38)16(9-34-27(22)36-24(19)21)14-6-15-26(40)17(29(41)42)11-39(33-2)28(15)35-8-14/h6-9,11,13,20,32-33H,4-5,10,12H2,1-3H3,(H,34,36)(H,41,42)/t13?,20-/m1/s1. The first kappa shape index (κ1) is 26.1. The number of likely N-dealkylation sites (N-methyl/N-ethyl adjacent to an activating group) is 1. The fourth-order valence-corrected chi connectivity index (χ4v) is 6.78. The van der Waals surface area contributed by atoms with Crippen molar-refractivity contribution in [3.63, 3.8) is 0 Å². The van der Waals surface area contributed by atoms with Crippen LogP contribution in [0, 0.1) is 17.6 Å². The number of H-pyrrole nitrogens is 1. The van der Waals surface area contributed by atoms with Crippen molar-refractivity contribution >= 4 is 50.3 Å². The van der Waals surface area contributed by atoms with Crippen LogP contribution in [0.1, 0.15) is 16.8 Å². The first-order valence-electron chi connectivity index (χ1n) is 13.6. The normalized spacial score (nSPS) is 18.8. The maximum atomic E-state index is 15.7. The first-order chi connectivity index (χ1) is 20.2. The fraction of sp³-hybridized carbons (Fsp3) is 0.310. The lowest BCUT2D eigenvalue weighted by Crippen LogP contribution is -2.35. The summed E-state index contributed by atoms with van der Waals surface area (Å²) < 4.78 is 32.0. The van der Waals surface area contributed by atoms with Gasteiger partial charge in [0.25, 0.3) is 0 Å². The van der Waals surface area contributed by atoms with Gasteiger partial charge in [-0.3, -0.25) is 4.79 Å². The highest BCUT2D eigenvalue weighted by Gasteiger charge is 2.42. The maximum absolute atomic E-state index is 15.7. The van der Waals surface area contributed by atoms with E-state index < -0.39 is 28.6 Å². The van der Waals surface area contributed by atoms with Crippen LogP contribution in [0.3, 0.4) is 0 Å². The molecule has 2 aliphatic heterocycles. The Morgan fingerprint density at radius 2 is 1.95 bits per heavy atom. The number of carboxylic acid groups (broad SMARTS) is 1. The Bertz CT molecular complexity index is 2010. The number of likely N-dealkylation sites (tertiary alicyclic amines) is 1. The van der Waals surface area contributed by atoms with E-state index in [-0.39, 0.29) is 22.5 Å². The van der Waals surface area contributed by atoms with Gasteiger partial charge in [0.1, 0.15) is 11.2 Å². The Balaban J connectivity index is 1.57. The molecule has 4 aromatic heterocycles. The molecule has 11 nitrogen and oxygen atoms in total. The summed E-state index contributed by atoms with van der Waals surface area (Å²) in [7, 11) is 5.30. The number of aromatic nitrogens is 4. The van der Waals surface area contributed by atoms with Crippen molar-refractivity contribution in [2.75, 3.05) is 56.4 Å². The van der Waals surface area contributed by atoms with E-state index >= 15 is 4.39 Å². The minimum absolute atomic E-state index is 0.0907. The van der Waals surface area contributed by atoms with E-state index in [4.69, 9.17) is 0 Å². The number of pyridine rings is 3. The zero-order valence-electron chi connectivity index (χ0n) is 23.1. The van der Waals surface area contributed by atoms with E-state index in [0.29, 0.717) is 51.5 Å². The molecule has 5 aromatic rings. The summed E-state index contributed by atoms with van der Waals surface area (Å²) in [4.78, 5) is 41.9. The molecular formula is C29H28F2N8O3. The highest BCUT2D eigenvalue weighted by molar-refractivity contribution is 6.18. The van der Waals surface area contributed by atoms with Gasteiger partial charge in [-0.05, 0) is 25.5 Å². The minimum atomic E-state index is -1.36. The van der Waals surface area contributed by atoms with E-state index in [1.54, 1.807) is 32.6 Å². The number of benzene rings is 1. The van der Waals surface area contributed by atoms with Gasteiger partial charge in [0, 0.05) is 75.6 Å². The number of carbonyl (C=O) groups is 1. The van der Waals surface area contributed by atoms with E-state index in [2.05, 4.69) is 42.5 Å². The van der Waals surface area contributed by atoms with E-state index in [0.717, 1.165) is 25.6 Å². The van der Waals surface area contributed by atoms with Crippen molar-refractivity contribution in [1.29, 1.82) is 0 Å². The third-order valence-corrected chi connectivity index (χ3v) is 8.68. The quantitative estimate of drug-likeness (QED) is 0.249. The molecule has 0 spiro atoms. The van der Waals surface area contributed by atoms with Crippen molar-refractivity contribution in [1.82, 2.24) is 24.5 Å². The van der Waals surface area contributed by atoms with Crippen LogP contribution in [0.25, 0.3) is 44.1 Å². The number of anilines is 2. The molecule has 0 aliphatic carbocycles. The molecule has 13 heteroatoms. The molecule has 6 heterocycles. The zero-order valence-corrected chi connectivity index (χ0v) is 23.1. The van der Waals surface area contributed by atoms with Crippen LogP contribution in [-0.4, -0.2) is 82.4 Å². The third kappa shape index (κ3) is 3.66. The van der Waals surface area contributed by atoms with Crippen LogP contribution in [0.2, 0.25) is 0 Å². The van der Waals surface area contributed by atoms with Crippen LogP contribution >= 0.6 is 0 Å². The lowest BCUT2D eigenvalue weighted by Gasteiger charge is -2.29. The second kappa shape index (κ2) is 9.38. The van der Waals surface area contributed by atoms with Gasteiger partial charge in [-0.15, -0.1) is 0 Å².